The number of thiazole rings is 1. The van der Waals surface area contributed by atoms with Crippen LogP contribution in [0, 0.1) is 0 Å². The molecule has 23 heavy (non-hydrogen) atoms. The molecule has 0 atom stereocenters. The van der Waals surface area contributed by atoms with Gasteiger partial charge in [-0.2, -0.15) is 5.10 Å². The lowest BCUT2D eigenvalue weighted by atomic mass is 10.2. The Morgan fingerprint density at radius 2 is 2.13 bits per heavy atom. The number of nitrogens with zero attached hydrogens (tertiary/aromatic N) is 2. The SMILES string of the molecule is Nc1csc(NN=Cc2ccc(OCCC3OCCO3)cc2)n1. The topological polar surface area (TPSA) is 91.0 Å². The average Bonchev–Trinajstić information content (AvgIpc) is 3.21. The molecule has 1 aliphatic heterocycles. The highest BCUT2D eigenvalue weighted by Crippen LogP contribution is 2.16. The standard InChI is InChI=1S/C15H18N4O3S/c16-13-10-23-15(18-13)19-17-9-11-1-3-12(4-2-11)20-6-5-14-21-7-8-22-14/h1-4,9-10,14H,5-8,16H2,(H,18,19). The largest absolute Gasteiger partial charge is 0.493 e. The van der Waals surface area contributed by atoms with Gasteiger partial charge in [-0.15, -0.1) is 11.3 Å². The molecule has 2 heterocycles. The molecule has 1 aromatic carbocycles. The fraction of sp³-hybridized carbons (Fsp3) is 0.333. The van der Waals surface area contributed by atoms with Gasteiger partial charge in [0, 0.05) is 11.8 Å². The number of nitrogens with one attached hydrogen (secondary N) is 1. The van der Waals surface area contributed by atoms with E-state index in [4.69, 9.17) is 19.9 Å². The average molecular weight is 334 g/mol. The second-order valence-corrected chi connectivity index (χ2v) is 5.68. The highest BCUT2D eigenvalue weighted by Gasteiger charge is 2.15. The normalized spacial score (nSPS) is 15.3. The van der Waals surface area contributed by atoms with Crippen LogP contribution in [0.2, 0.25) is 0 Å². The fourth-order valence-corrected chi connectivity index (χ4v) is 2.55. The third kappa shape index (κ3) is 4.92. The van der Waals surface area contributed by atoms with Crippen molar-refractivity contribution in [2.75, 3.05) is 31.0 Å². The van der Waals surface area contributed by atoms with Crippen LogP contribution in [0.15, 0.2) is 34.7 Å². The van der Waals surface area contributed by atoms with Gasteiger partial charge in [0.1, 0.15) is 11.6 Å². The quantitative estimate of drug-likeness (QED) is 0.596. The Morgan fingerprint density at radius 1 is 1.35 bits per heavy atom. The Balaban J connectivity index is 1.42. The van der Waals surface area contributed by atoms with Crippen LogP contribution in [0.3, 0.4) is 0 Å². The Kier molecular flexibility index (Phi) is 5.41. The third-order valence-corrected chi connectivity index (χ3v) is 3.85. The summed E-state index contributed by atoms with van der Waals surface area (Å²) in [5, 5.41) is 6.53. The zero-order chi connectivity index (χ0) is 15.9. The predicted octanol–water partition coefficient (Wildman–Crippen LogP) is 2.31. The molecule has 1 fully saturated rings. The first kappa shape index (κ1) is 15.7. The Hall–Kier alpha value is -2.16. The summed E-state index contributed by atoms with van der Waals surface area (Å²) in [4.78, 5) is 4.05. The minimum Gasteiger partial charge on any atom is -0.493 e. The molecule has 0 amide bonds. The van der Waals surface area contributed by atoms with Gasteiger partial charge in [-0.1, -0.05) is 0 Å². The van der Waals surface area contributed by atoms with Crippen LogP contribution in [-0.4, -0.2) is 37.3 Å². The minimum absolute atomic E-state index is 0.132. The van der Waals surface area contributed by atoms with Crippen LogP contribution < -0.4 is 15.9 Å². The molecule has 3 rings (SSSR count). The summed E-state index contributed by atoms with van der Waals surface area (Å²) in [7, 11) is 0. The monoisotopic (exact) mass is 334 g/mol. The van der Waals surface area contributed by atoms with E-state index in [0.29, 0.717) is 30.8 Å². The van der Waals surface area contributed by atoms with Crippen molar-refractivity contribution in [1.29, 1.82) is 0 Å². The molecule has 3 N–H and O–H groups in total. The van der Waals surface area contributed by atoms with Gasteiger partial charge in [0.05, 0.1) is 26.0 Å². The van der Waals surface area contributed by atoms with Crippen molar-refractivity contribution < 1.29 is 14.2 Å². The number of rotatable bonds is 7. The van der Waals surface area contributed by atoms with Crippen molar-refractivity contribution in [3.05, 3.63) is 35.2 Å². The number of hydrazone groups is 1. The number of nitrogen functional groups attached to an aromatic ring is 1. The van der Waals surface area contributed by atoms with Crippen LogP contribution in [0.5, 0.6) is 5.75 Å². The number of nitrogens with two attached hydrogens (primary N) is 1. The Morgan fingerprint density at radius 3 is 2.83 bits per heavy atom. The second-order valence-electron chi connectivity index (χ2n) is 4.82. The summed E-state index contributed by atoms with van der Waals surface area (Å²) in [5.41, 5.74) is 9.32. The maximum absolute atomic E-state index is 5.66. The van der Waals surface area contributed by atoms with E-state index in [1.807, 2.05) is 24.3 Å². The molecule has 1 aromatic heterocycles. The Labute approximate surface area is 138 Å². The first-order valence-corrected chi connectivity index (χ1v) is 8.14. The van der Waals surface area contributed by atoms with Crippen molar-refractivity contribution >= 4 is 28.5 Å². The first-order valence-electron chi connectivity index (χ1n) is 7.26. The zero-order valence-electron chi connectivity index (χ0n) is 12.5. The lowest BCUT2D eigenvalue weighted by Gasteiger charge is -2.10. The number of anilines is 2. The summed E-state index contributed by atoms with van der Waals surface area (Å²) in [6.07, 6.45) is 2.30. The van der Waals surface area contributed by atoms with E-state index >= 15 is 0 Å². The van der Waals surface area contributed by atoms with Crippen molar-refractivity contribution in [3.8, 4) is 5.75 Å². The molecule has 122 valence electrons. The van der Waals surface area contributed by atoms with E-state index in [9.17, 15) is 0 Å². The molecular weight excluding hydrogens is 316 g/mol. The van der Waals surface area contributed by atoms with Gasteiger partial charge in [0.25, 0.3) is 0 Å². The van der Waals surface area contributed by atoms with Crippen LogP contribution in [-0.2, 0) is 9.47 Å². The smallest absolute Gasteiger partial charge is 0.205 e. The molecule has 0 spiro atoms. The molecule has 2 aromatic rings. The van der Waals surface area contributed by atoms with Gasteiger partial charge in [0.2, 0.25) is 5.13 Å². The van der Waals surface area contributed by atoms with Gasteiger partial charge >= 0.3 is 0 Å². The molecule has 0 bridgehead atoms. The van der Waals surface area contributed by atoms with E-state index < -0.39 is 0 Å². The van der Waals surface area contributed by atoms with Gasteiger partial charge in [-0.25, -0.2) is 4.98 Å². The zero-order valence-corrected chi connectivity index (χ0v) is 13.3. The number of hydrogen-bond donors (Lipinski definition) is 2. The van der Waals surface area contributed by atoms with Crippen molar-refractivity contribution in [3.63, 3.8) is 0 Å². The van der Waals surface area contributed by atoms with E-state index in [2.05, 4.69) is 15.5 Å². The van der Waals surface area contributed by atoms with Gasteiger partial charge in [0.15, 0.2) is 6.29 Å². The summed E-state index contributed by atoms with van der Waals surface area (Å²) in [5.74, 6) is 1.29. The molecule has 0 aliphatic carbocycles. The van der Waals surface area contributed by atoms with Crippen LogP contribution in [0.25, 0.3) is 0 Å². The first-order chi connectivity index (χ1) is 11.3. The Bertz CT molecular complexity index is 638. The van der Waals surface area contributed by atoms with Crippen LogP contribution in [0.1, 0.15) is 12.0 Å². The summed E-state index contributed by atoms with van der Waals surface area (Å²) in [6.45, 7) is 1.89. The van der Waals surface area contributed by atoms with E-state index in [0.717, 1.165) is 17.7 Å². The minimum atomic E-state index is -0.132. The maximum Gasteiger partial charge on any atom is 0.205 e. The number of aromatic nitrogens is 1. The van der Waals surface area contributed by atoms with Crippen LogP contribution >= 0.6 is 11.3 Å². The summed E-state index contributed by atoms with van der Waals surface area (Å²) >= 11 is 1.41. The summed E-state index contributed by atoms with van der Waals surface area (Å²) < 4.78 is 16.4. The fourth-order valence-electron chi connectivity index (χ4n) is 2.00. The molecule has 0 saturated carbocycles. The molecular formula is C15H18N4O3S. The second kappa shape index (κ2) is 7.91. The lowest BCUT2D eigenvalue weighted by Crippen LogP contribution is -2.12. The van der Waals surface area contributed by atoms with Gasteiger partial charge in [-0.3, -0.25) is 5.43 Å². The maximum atomic E-state index is 5.66. The van der Waals surface area contributed by atoms with Gasteiger partial charge < -0.3 is 19.9 Å². The van der Waals surface area contributed by atoms with Crippen LogP contribution in [0.4, 0.5) is 10.9 Å². The molecule has 0 radical (unpaired) electrons. The molecule has 7 nitrogen and oxygen atoms in total. The highest BCUT2D eigenvalue weighted by atomic mass is 32.1. The molecule has 1 aliphatic rings. The number of ether oxygens (including phenoxy) is 3. The third-order valence-electron chi connectivity index (χ3n) is 3.09. The van der Waals surface area contributed by atoms with E-state index in [1.54, 1.807) is 11.6 Å². The summed E-state index contributed by atoms with van der Waals surface area (Å²) in [6, 6.07) is 7.66. The van der Waals surface area contributed by atoms with E-state index in [1.165, 1.54) is 11.3 Å². The highest BCUT2D eigenvalue weighted by molar-refractivity contribution is 7.14. The van der Waals surface area contributed by atoms with Crippen molar-refractivity contribution in [2.24, 2.45) is 5.10 Å². The van der Waals surface area contributed by atoms with Gasteiger partial charge in [-0.05, 0) is 29.8 Å². The number of benzene rings is 1. The van der Waals surface area contributed by atoms with E-state index in [-0.39, 0.29) is 6.29 Å². The molecule has 1 saturated heterocycles. The van der Waals surface area contributed by atoms with Crippen molar-refractivity contribution in [1.82, 2.24) is 4.98 Å². The van der Waals surface area contributed by atoms with Crippen molar-refractivity contribution in [2.45, 2.75) is 12.7 Å². The predicted molar refractivity (Wildman–Crippen MR) is 90.0 cm³/mol. The lowest BCUT2D eigenvalue weighted by molar-refractivity contribution is -0.0531. The molecule has 8 heteroatoms. The number of hydrogen-bond acceptors (Lipinski definition) is 8. The molecule has 0 unspecified atom stereocenters.